The normalized spacial score (nSPS) is 26.8. The van der Waals surface area contributed by atoms with Crippen molar-refractivity contribution in [2.45, 2.75) is 140 Å². The van der Waals surface area contributed by atoms with Crippen molar-refractivity contribution in [3.63, 3.8) is 0 Å². The molecule has 2 saturated carbocycles. The van der Waals surface area contributed by atoms with Crippen molar-refractivity contribution in [1.82, 2.24) is 10.6 Å². The number of ether oxygens (including phenoxy) is 6. The van der Waals surface area contributed by atoms with E-state index >= 15 is 0 Å². The Balaban J connectivity index is 0.000000171. The number of carbonyl (C=O) groups is 4. The number of benzene rings is 2. The van der Waals surface area contributed by atoms with Crippen LogP contribution in [-0.4, -0.2) is 85.4 Å². The van der Waals surface area contributed by atoms with Crippen LogP contribution in [0.4, 0.5) is 9.59 Å². The Hall–Kier alpha value is -4.82. The number of nitrogens with one attached hydrogen (secondary N) is 2. The van der Waals surface area contributed by atoms with E-state index < -0.39 is 24.2 Å². The lowest BCUT2D eigenvalue weighted by molar-refractivity contribution is -0.134. The van der Waals surface area contributed by atoms with Crippen LogP contribution in [0.1, 0.15) is 114 Å². The van der Waals surface area contributed by atoms with Gasteiger partial charge in [-0.05, 0) is 151 Å². The zero-order chi connectivity index (χ0) is 42.9. The first-order chi connectivity index (χ1) is 28.8. The van der Waals surface area contributed by atoms with Crippen molar-refractivity contribution >= 4 is 24.2 Å². The van der Waals surface area contributed by atoms with Crippen LogP contribution in [0, 0.1) is 11.8 Å². The SMILES string of the molecule is CC(C)OC(=O)OCOc1ccc2c(c1)[C@@]13CCCC[C@@H]1[C@H](C2)NCC3.CC(C)OC(=O)OCOc1ccc2c(c1)[C@@]13CCCC[C@@H]1[C@H](C2)NCC3.O=C(O)/C=C/C(=O)O. The second-order valence-corrected chi connectivity index (χ2v) is 17.3. The number of piperidine rings is 2. The fourth-order valence-electron chi connectivity index (χ4n) is 10.9. The van der Waals surface area contributed by atoms with Gasteiger partial charge in [-0.25, -0.2) is 19.2 Å². The van der Waals surface area contributed by atoms with Crippen LogP contribution >= 0.6 is 0 Å². The van der Waals surface area contributed by atoms with Gasteiger partial charge in [0.2, 0.25) is 13.6 Å². The standard InChI is InChI=1S/2C21H29NO4.C4H4O4/c2*1-14(2)26-20(23)25-13-24-16-7-6-15-11-19-17-5-3-4-8-21(17,9-10-22-19)18(15)12-16;5-3(6)1-2-4(7)8/h2*6-7,12,14,17,19,22H,3-5,8-11,13H2,1-2H3;1-2H,(H,5,6)(H,7,8)/b;;2-1+/t2*17-,19+,21-;/m11./s1. The molecule has 4 fully saturated rings. The molecule has 14 nitrogen and oxygen atoms in total. The molecule has 8 rings (SSSR count). The summed E-state index contributed by atoms with van der Waals surface area (Å²) in [6.07, 6.45) is 14.5. The summed E-state index contributed by atoms with van der Waals surface area (Å²) in [7, 11) is 0. The molecule has 0 amide bonds. The van der Waals surface area contributed by atoms with Gasteiger partial charge < -0.3 is 49.3 Å². The first-order valence-corrected chi connectivity index (χ1v) is 21.6. The van der Waals surface area contributed by atoms with Gasteiger partial charge in [-0.3, -0.25) is 0 Å². The van der Waals surface area contributed by atoms with Gasteiger partial charge >= 0.3 is 24.2 Å². The summed E-state index contributed by atoms with van der Waals surface area (Å²) in [6, 6.07) is 14.0. The Labute approximate surface area is 352 Å². The summed E-state index contributed by atoms with van der Waals surface area (Å²) in [4.78, 5) is 42.1. The summed E-state index contributed by atoms with van der Waals surface area (Å²) in [6.45, 7) is 9.13. The minimum Gasteiger partial charge on any atom is -0.478 e. The number of carboxylic acids is 2. The molecular formula is C46H62N2O12. The maximum atomic E-state index is 11.5. The topological polar surface area (TPSA) is 188 Å². The van der Waals surface area contributed by atoms with Crippen molar-refractivity contribution in [3.05, 3.63) is 70.8 Å². The molecule has 6 atom stereocenters. The van der Waals surface area contributed by atoms with Gasteiger partial charge in [0, 0.05) is 35.1 Å². The third kappa shape index (κ3) is 10.7. The average Bonchev–Trinajstić information content (AvgIpc) is 3.20. The summed E-state index contributed by atoms with van der Waals surface area (Å²) in [5.41, 5.74) is 6.46. The minimum atomic E-state index is -1.26. The van der Waals surface area contributed by atoms with E-state index in [1.165, 1.54) is 86.5 Å². The van der Waals surface area contributed by atoms with Crippen LogP contribution in [-0.2, 0) is 52.2 Å². The van der Waals surface area contributed by atoms with Gasteiger partial charge in [-0.1, -0.05) is 37.8 Å². The van der Waals surface area contributed by atoms with Crippen molar-refractivity contribution in [2.24, 2.45) is 11.8 Å². The molecule has 14 heteroatoms. The molecule has 6 aliphatic rings. The van der Waals surface area contributed by atoms with Crippen LogP contribution in [0.15, 0.2) is 48.6 Å². The third-order valence-electron chi connectivity index (χ3n) is 13.1. The van der Waals surface area contributed by atoms with Crippen molar-refractivity contribution in [2.75, 3.05) is 26.7 Å². The fourth-order valence-corrected chi connectivity index (χ4v) is 10.9. The van der Waals surface area contributed by atoms with Crippen LogP contribution in [0.3, 0.4) is 0 Å². The highest BCUT2D eigenvalue weighted by molar-refractivity contribution is 5.89. The molecule has 2 aromatic carbocycles. The van der Waals surface area contributed by atoms with E-state index in [4.69, 9.17) is 38.6 Å². The molecule has 4 aliphatic carbocycles. The van der Waals surface area contributed by atoms with Gasteiger partial charge in [-0.15, -0.1) is 0 Å². The average molecular weight is 835 g/mol. The lowest BCUT2D eigenvalue weighted by Gasteiger charge is -2.56. The van der Waals surface area contributed by atoms with Crippen molar-refractivity contribution in [1.29, 1.82) is 0 Å². The lowest BCUT2D eigenvalue weighted by Crippen LogP contribution is -2.59. The maximum Gasteiger partial charge on any atom is 0.511 e. The Bertz CT molecular complexity index is 1720. The Morgan fingerprint density at radius 2 is 1.07 bits per heavy atom. The van der Waals surface area contributed by atoms with E-state index in [0.717, 1.165) is 49.3 Å². The van der Waals surface area contributed by atoms with E-state index in [9.17, 15) is 19.2 Å². The monoisotopic (exact) mass is 834 g/mol. The molecule has 2 saturated heterocycles. The molecule has 328 valence electrons. The number of hydrogen-bond donors (Lipinski definition) is 4. The maximum absolute atomic E-state index is 11.5. The van der Waals surface area contributed by atoms with Gasteiger partial charge in [0.1, 0.15) is 11.5 Å². The van der Waals surface area contributed by atoms with Crippen LogP contribution in [0.25, 0.3) is 0 Å². The molecule has 2 aliphatic heterocycles. The van der Waals surface area contributed by atoms with Gasteiger partial charge in [0.25, 0.3) is 0 Å². The molecule has 0 aromatic heterocycles. The number of hydrogen-bond acceptors (Lipinski definition) is 12. The second-order valence-electron chi connectivity index (χ2n) is 17.3. The second kappa shape index (κ2) is 20.2. The smallest absolute Gasteiger partial charge is 0.478 e. The van der Waals surface area contributed by atoms with Gasteiger partial charge in [-0.2, -0.15) is 0 Å². The molecule has 60 heavy (non-hydrogen) atoms. The molecule has 2 aromatic rings. The number of fused-ring (bicyclic) bond motifs is 2. The zero-order valence-electron chi connectivity index (χ0n) is 35.4. The summed E-state index contributed by atoms with van der Waals surface area (Å²) in [5.74, 6) is 0.517. The first kappa shape index (κ1) is 44.7. The summed E-state index contributed by atoms with van der Waals surface area (Å²) in [5, 5.41) is 23.1. The predicted molar refractivity (Wildman–Crippen MR) is 221 cm³/mol. The summed E-state index contributed by atoms with van der Waals surface area (Å²) < 4.78 is 31.3. The Kier molecular flexibility index (Phi) is 15.0. The van der Waals surface area contributed by atoms with E-state index in [1.807, 2.05) is 12.1 Å². The summed E-state index contributed by atoms with van der Waals surface area (Å²) >= 11 is 0. The molecule has 2 heterocycles. The predicted octanol–water partition coefficient (Wildman–Crippen LogP) is 7.57. The number of carbonyl (C=O) groups excluding carboxylic acids is 2. The van der Waals surface area contributed by atoms with E-state index in [1.54, 1.807) is 27.7 Å². The number of aliphatic carboxylic acids is 2. The quantitative estimate of drug-likeness (QED) is 0.104. The Morgan fingerprint density at radius 3 is 1.45 bits per heavy atom. The highest BCUT2D eigenvalue weighted by Gasteiger charge is 2.52. The Morgan fingerprint density at radius 1 is 0.650 bits per heavy atom. The van der Waals surface area contributed by atoms with E-state index in [0.29, 0.717) is 35.1 Å². The minimum absolute atomic E-state index is 0.120. The van der Waals surface area contributed by atoms with E-state index in [-0.39, 0.29) is 25.8 Å². The third-order valence-corrected chi connectivity index (χ3v) is 13.1. The highest BCUT2D eigenvalue weighted by Crippen LogP contribution is 2.55. The van der Waals surface area contributed by atoms with Crippen LogP contribution in [0.5, 0.6) is 11.5 Å². The zero-order valence-corrected chi connectivity index (χ0v) is 35.4. The number of carboxylic acid groups (broad SMARTS) is 2. The van der Waals surface area contributed by atoms with Crippen molar-refractivity contribution < 1.29 is 57.8 Å². The number of rotatable bonds is 10. The fraction of sp³-hybridized carbons (Fsp3) is 0.609. The molecule has 0 spiro atoms. The molecule has 4 N–H and O–H groups in total. The van der Waals surface area contributed by atoms with Crippen LogP contribution < -0.4 is 20.1 Å². The van der Waals surface area contributed by atoms with E-state index in [2.05, 4.69) is 34.9 Å². The highest BCUT2D eigenvalue weighted by atomic mass is 16.8. The van der Waals surface area contributed by atoms with Crippen LogP contribution in [0.2, 0.25) is 0 Å². The van der Waals surface area contributed by atoms with Gasteiger partial charge in [0.15, 0.2) is 0 Å². The lowest BCUT2D eigenvalue weighted by atomic mass is 9.53. The van der Waals surface area contributed by atoms with Crippen molar-refractivity contribution in [3.8, 4) is 11.5 Å². The first-order valence-electron chi connectivity index (χ1n) is 21.6. The molecular weight excluding hydrogens is 773 g/mol. The molecule has 0 radical (unpaired) electrons. The van der Waals surface area contributed by atoms with Gasteiger partial charge in [0.05, 0.1) is 12.2 Å². The largest absolute Gasteiger partial charge is 0.511 e. The molecule has 4 bridgehead atoms. The molecule has 0 unspecified atom stereocenters.